The molecule has 0 heterocycles. The molecule has 3 rings (SSSR count). The van der Waals surface area contributed by atoms with Crippen LogP contribution >= 0.6 is 0 Å². The van der Waals surface area contributed by atoms with Gasteiger partial charge in [-0.3, -0.25) is 0 Å². The van der Waals surface area contributed by atoms with E-state index in [1.807, 2.05) is 6.92 Å². The standard InChI is InChI=1S/C18H18F2O2S/c1-12-6-8-13(9-7-12)23(21,22)17-5-3-2-4-14-15(19)10-11-16(20)18(14)17/h6-11,17H,2-5H2,1H3. The van der Waals surface area contributed by atoms with Crippen LogP contribution in [0.1, 0.15) is 41.2 Å². The maximum Gasteiger partial charge on any atom is 0.185 e. The highest BCUT2D eigenvalue weighted by Gasteiger charge is 2.35. The van der Waals surface area contributed by atoms with Crippen molar-refractivity contribution < 1.29 is 17.2 Å². The van der Waals surface area contributed by atoms with Crippen LogP contribution in [0.2, 0.25) is 0 Å². The van der Waals surface area contributed by atoms with Crippen LogP contribution in [0, 0.1) is 18.6 Å². The van der Waals surface area contributed by atoms with E-state index >= 15 is 0 Å². The molecule has 0 saturated heterocycles. The van der Waals surface area contributed by atoms with Gasteiger partial charge in [0.25, 0.3) is 0 Å². The molecule has 1 atom stereocenters. The molecule has 0 fully saturated rings. The zero-order chi connectivity index (χ0) is 16.6. The molecule has 23 heavy (non-hydrogen) atoms. The van der Waals surface area contributed by atoms with Crippen molar-refractivity contribution in [2.75, 3.05) is 0 Å². The molecule has 0 aliphatic heterocycles. The lowest BCUT2D eigenvalue weighted by molar-refractivity contribution is 0.550. The molecule has 2 aromatic rings. The summed E-state index contributed by atoms with van der Waals surface area (Å²) in [5.74, 6) is -1.16. The highest BCUT2D eigenvalue weighted by atomic mass is 32.2. The normalized spacial score (nSPS) is 18.3. The monoisotopic (exact) mass is 336 g/mol. The first kappa shape index (κ1) is 16.1. The summed E-state index contributed by atoms with van der Waals surface area (Å²) in [6.45, 7) is 1.87. The Morgan fingerprint density at radius 3 is 2.30 bits per heavy atom. The summed E-state index contributed by atoms with van der Waals surface area (Å²) in [4.78, 5) is 0.157. The van der Waals surface area contributed by atoms with Crippen LogP contribution in [0.25, 0.3) is 0 Å². The molecule has 0 amide bonds. The quantitative estimate of drug-likeness (QED) is 0.756. The number of benzene rings is 2. The maximum atomic E-state index is 14.4. The molecule has 0 saturated carbocycles. The van der Waals surface area contributed by atoms with Gasteiger partial charge in [0.15, 0.2) is 9.84 Å². The maximum absolute atomic E-state index is 14.4. The van der Waals surface area contributed by atoms with Crippen molar-refractivity contribution in [1.82, 2.24) is 0 Å². The van der Waals surface area contributed by atoms with Crippen molar-refractivity contribution in [1.29, 1.82) is 0 Å². The second-order valence-corrected chi connectivity index (χ2v) is 8.14. The Bertz CT molecular complexity index is 827. The number of rotatable bonds is 2. The molecule has 0 radical (unpaired) electrons. The van der Waals surface area contributed by atoms with Gasteiger partial charge in [0.05, 0.1) is 10.1 Å². The zero-order valence-electron chi connectivity index (χ0n) is 12.9. The van der Waals surface area contributed by atoms with E-state index in [4.69, 9.17) is 0 Å². The van der Waals surface area contributed by atoms with Gasteiger partial charge in [-0.1, -0.05) is 24.1 Å². The van der Waals surface area contributed by atoms with Crippen LogP contribution in [0.3, 0.4) is 0 Å². The van der Waals surface area contributed by atoms with Gasteiger partial charge < -0.3 is 0 Å². The number of sulfone groups is 1. The molecule has 1 aliphatic rings. The van der Waals surface area contributed by atoms with Crippen LogP contribution in [-0.4, -0.2) is 8.42 Å². The minimum absolute atomic E-state index is 0.0167. The summed E-state index contributed by atoms with van der Waals surface area (Å²) < 4.78 is 54.4. The highest BCUT2D eigenvalue weighted by molar-refractivity contribution is 7.91. The summed E-state index contributed by atoms with van der Waals surface area (Å²) in [5, 5.41) is -1.03. The van der Waals surface area contributed by atoms with Gasteiger partial charge >= 0.3 is 0 Å². The van der Waals surface area contributed by atoms with Crippen LogP contribution in [0.5, 0.6) is 0 Å². The van der Waals surface area contributed by atoms with Gasteiger partial charge in [0, 0.05) is 5.56 Å². The zero-order valence-corrected chi connectivity index (χ0v) is 13.7. The molecule has 0 spiro atoms. The van der Waals surface area contributed by atoms with Gasteiger partial charge in [-0.2, -0.15) is 0 Å². The van der Waals surface area contributed by atoms with Crippen LogP contribution in [-0.2, 0) is 16.3 Å². The molecule has 122 valence electrons. The smallest absolute Gasteiger partial charge is 0.185 e. The summed E-state index contributed by atoms with van der Waals surface area (Å²) in [5.41, 5.74) is 1.17. The van der Waals surface area contributed by atoms with Crippen molar-refractivity contribution in [2.24, 2.45) is 0 Å². The molecular weight excluding hydrogens is 318 g/mol. The lowest BCUT2D eigenvalue weighted by Crippen LogP contribution is -2.16. The Balaban J connectivity index is 2.17. The summed E-state index contributed by atoms with van der Waals surface area (Å²) in [6, 6.07) is 8.60. The Morgan fingerprint density at radius 1 is 0.957 bits per heavy atom. The van der Waals surface area contributed by atoms with Crippen LogP contribution < -0.4 is 0 Å². The summed E-state index contributed by atoms with van der Waals surface area (Å²) in [6.07, 6.45) is 1.97. The molecule has 2 nitrogen and oxygen atoms in total. The van der Waals surface area contributed by atoms with Crippen molar-refractivity contribution in [3.8, 4) is 0 Å². The SMILES string of the molecule is Cc1ccc(S(=O)(=O)C2CCCCc3c(F)ccc(F)c32)cc1. The minimum Gasteiger partial charge on any atom is -0.223 e. The van der Waals surface area contributed by atoms with E-state index in [9.17, 15) is 17.2 Å². The number of hydrogen-bond acceptors (Lipinski definition) is 2. The molecule has 1 unspecified atom stereocenters. The average molecular weight is 336 g/mol. The second kappa shape index (κ2) is 6.04. The Kier molecular flexibility index (Phi) is 4.23. The number of fused-ring (bicyclic) bond motifs is 1. The van der Waals surface area contributed by atoms with E-state index in [0.29, 0.717) is 25.7 Å². The van der Waals surface area contributed by atoms with E-state index in [0.717, 1.165) is 17.7 Å². The molecule has 0 N–H and O–H groups in total. The molecule has 1 aliphatic carbocycles. The van der Waals surface area contributed by atoms with Gasteiger partial charge in [-0.15, -0.1) is 0 Å². The third-order valence-corrected chi connectivity index (χ3v) is 6.59. The van der Waals surface area contributed by atoms with Gasteiger partial charge in [0.1, 0.15) is 11.6 Å². The highest BCUT2D eigenvalue weighted by Crippen LogP contribution is 2.40. The number of hydrogen-bond donors (Lipinski definition) is 0. The molecule has 5 heteroatoms. The van der Waals surface area contributed by atoms with Crippen molar-refractivity contribution in [3.63, 3.8) is 0 Å². The average Bonchev–Trinajstić information content (AvgIpc) is 2.75. The van der Waals surface area contributed by atoms with E-state index in [-0.39, 0.29) is 16.0 Å². The number of aryl methyl sites for hydroxylation is 1. The van der Waals surface area contributed by atoms with Crippen molar-refractivity contribution in [3.05, 3.63) is 64.7 Å². The third kappa shape index (κ3) is 2.90. The van der Waals surface area contributed by atoms with E-state index in [1.165, 1.54) is 12.1 Å². The first-order chi connectivity index (χ1) is 10.9. The minimum atomic E-state index is -3.76. The fourth-order valence-corrected chi connectivity index (χ4v) is 5.08. The fourth-order valence-electron chi connectivity index (χ4n) is 3.19. The molecule has 2 aromatic carbocycles. The first-order valence-electron chi connectivity index (χ1n) is 7.68. The lowest BCUT2D eigenvalue weighted by atomic mass is 10.0. The predicted molar refractivity (Wildman–Crippen MR) is 85.0 cm³/mol. The van der Waals surface area contributed by atoms with Gasteiger partial charge in [-0.25, -0.2) is 17.2 Å². The molecule has 0 bridgehead atoms. The van der Waals surface area contributed by atoms with Gasteiger partial charge in [0.2, 0.25) is 0 Å². The van der Waals surface area contributed by atoms with Crippen molar-refractivity contribution >= 4 is 9.84 Å². The van der Waals surface area contributed by atoms with Crippen LogP contribution in [0.15, 0.2) is 41.3 Å². The van der Waals surface area contributed by atoms with E-state index in [1.54, 1.807) is 12.1 Å². The van der Waals surface area contributed by atoms with Gasteiger partial charge in [-0.05, 0) is 56.0 Å². The summed E-state index contributed by atoms with van der Waals surface area (Å²) >= 11 is 0. The first-order valence-corrected chi connectivity index (χ1v) is 9.23. The fraction of sp³-hybridized carbons (Fsp3) is 0.333. The third-order valence-electron chi connectivity index (χ3n) is 4.44. The van der Waals surface area contributed by atoms with E-state index in [2.05, 4.69) is 0 Å². The second-order valence-electron chi connectivity index (χ2n) is 6.01. The Hall–Kier alpha value is -1.75. The lowest BCUT2D eigenvalue weighted by Gasteiger charge is -2.19. The van der Waals surface area contributed by atoms with Crippen molar-refractivity contribution in [2.45, 2.75) is 42.8 Å². The largest absolute Gasteiger partial charge is 0.223 e. The predicted octanol–water partition coefficient (Wildman–Crippen LogP) is 4.51. The van der Waals surface area contributed by atoms with E-state index < -0.39 is 26.7 Å². The number of halogens is 2. The topological polar surface area (TPSA) is 34.1 Å². The molecular formula is C18H18F2O2S. The Labute approximate surface area is 135 Å². The van der Waals surface area contributed by atoms with Crippen LogP contribution in [0.4, 0.5) is 8.78 Å². The summed E-state index contributed by atoms with van der Waals surface area (Å²) in [7, 11) is -3.76. The molecule has 0 aromatic heterocycles. The Morgan fingerprint density at radius 2 is 1.61 bits per heavy atom.